The second-order valence-electron chi connectivity index (χ2n) is 6.87. The van der Waals surface area contributed by atoms with Crippen molar-refractivity contribution in [3.05, 3.63) is 90.9 Å². The fraction of sp³-hybridized carbons (Fsp3) is 0.130. The van der Waals surface area contributed by atoms with Crippen LogP contribution in [0.2, 0.25) is 0 Å². The molecule has 0 atom stereocenters. The summed E-state index contributed by atoms with van der Waals surface area (Å²) in [6, 6.07) is 22.4. The van der Waals surface area contributed by atoms with E-state index in [1.165, 1.54) is 0 Å². The maximum absolute atomic E-state index is 9.88. The van der Waals surface area contributed by atoms with Gasteiger partial charge >= 0.3 is 0 Å². The predicted molar refractivity (Wildman–Crippen MR) is 106 cm³/mol. The number of benzene rings is 2. The Morgan fingerprint density at radius 1 is 0.929 bits per heavy atom. The number of fused-ring (bicyclic) bond motifs is 3. The van der Waals surface area contributed by atoms with Crippen LogP contribution in [0, 0.1) is 6.07 Å². The van der Waals surface area contributed by atoms with E-state index in [1.807, 2.05) is 60.8 Å². The normalized spacial score (nSPS) is 12.8. The second kappa shape index (κ2) is 8.09. The van der Waals surface area contributed by atoms with Crippen LogP contribution < -0.4 is 0 Å². The third kappa shape index (κ3) is 3.51. The molecule has 1 N–H and O–H groups in total. The Bertz CT molecular complexity index is 1020. The molecule has 3 heterocycles. The van der Waals surface area contributed by atoms with Gasteiger partial charge in [-0.2, -0.15) is 0 Å². The molecule has 28 heavy (non-hydrogen) atoms. The Labute approximate surface area is 178 Å². The standard InChI is InChI=1S/C12H12N2O.C11H8N.Ir/c1-12(2)8-4-3-5-9(15)10(8)11-13-6-7-14(11)12;1-2-6-10(7-3-1)11-8-4-5-9-12-11;/h3-7,15H,1-2H3;1-6,8-9H;/q;-1;. The zero-order chi connectivity index (χ0) is 18.9. The Morgan fingerprint density at radius 3 is 2.46 bits per heavy atom. The number of aromatic hydroxyl groups is 1. The first-order valence-electron chi connectivity index (χ1n) is 8.84. The number of hydrogen-bond acceptors (Lipinski definition) is 3. The predicted octanol–water partition coefficient (Wildman–Crippen LogP) is 4.90. The average Bonchev–Trinajstić information content (AvgIpc) is 3.27. The Morgan fingerprint density at radius 2 is 1.75 bits per heavy atom. The molecule has 1 radical (unpaired) electrons. The number of nitrogens with zero attached hydrogens (tertiary/aromatic N) is 3. The molecule has 0 aliphatic carbocycles. The fourth-order valence-corrected chi connectivity index (χ4v) is 3.43. The van der Waals surface area contributed by atoms with Crippen LogP contribution in [-0.4, -0.2) is 19.6 Å². The van der Waals surface area contributed by atoms with Crippen LogP contribution in [-0.2, 0) is 25.6 Å². The molecule has 0 saturated heterocycles. The monoisotopic (exact) mass is 547 g/mol. The van der Waals surface area contributed by atoms with E-state index in [0.29, 0.717) is 5.75 Å². The number of rotatable bonds is 1. The van der Waals surface area contributed by atoms with Gasteiger partial charge in [0.05, 0.1) is 11.1 Å². The summed E-state index contributed by atoms with van der Waals surface area (Å²) in [5, 5.41) is 9.88. The summed E-state index contributed by atoms with van der Waals surface area (Å²) in [6.45, 7) is 4.26. The van der Waals surface area contributed by atoms with E-state index in [0.717, 1.165) is 28.2 Å². The number of phenolic OH excluding ortho intramolecular Hbond substituents is 1. The zero-order valence-electron chi connectivity index (χ0n) is 15.6. The molecule has 5 heteroatoms. The molecule has 0 unspecified atom stereocenters. The summed E-state index contributed by atoms with van der Waals surface area (Å²) >= 11 is 0. The largest absolute Gasteiger partial charge is 0.507 e. The minimum atomic E-state index is -0.125. The van der Waals surface area contributed by atoms with Gasteiger partial charge in [-0.05, 0) is 37.2 Å². The van der Waals surface area contributed by atoms with Crippen molar-refractivity contribution in [1.29, 1.82) is 0 Å². The molecule has 0 spiro atoms. The average molecular weight is 547 g/mol. The molecular weight excluding hydrogens is 526 g/mol. The van der Waals surface area contributed by atoms with E-state index in [2.05, 4.69) is 34.4 Å². The molecule has 0 fully saturated rings. The van der Waals surface area contributed by atoms with Gasteiger partial charge < -0.3 is 14.7 Å². The van der Waals surface area contributed by atoms with Crippen molar-refractivity contribution in [3.8, 4) is 28.4 Å². The molecule has 0 amide bonds. The maximum Gasteiger partial charge on any atom is 0.144 e. The first-order valence-corrected chi connectivity index (χ1v) is 8.84. The summed E-state index contributed by atoms with van der Waals surface area (Å²) in [5.41, 5.74) is 3.88. The fourth-order valence-electron chi connectivity index (χ4n) is 3.43. The van der Waals surface area contributed by atoms with Crippen LogP contribution in [0.5, 0.6) is 5.75 Å². The molecular formula is C23H20IrN3O-. The van der Waals surface area contributed by atoms with E-state index in [1.54, 1.807) is 18.5 Å². The van der Waals surface area contributed by atoms with Gasteiger partial charge in [0, 0.05) is 38.7 Å². The van der Waals surface area contributed by atoms with E-state index in [-0.39, 0.29) is 25.6 Å². The van der Waals surface area contributed by atoms with Crippen molar-refractivity contribution >= 4 is 0 Å². The molecule has 4 nitrogen and oxygen atoms in total. The number of imidazole rings is 1. The second-order valence-corrected chi connectivity index (χ2v) is 6.87. The molecule has 4 aromatic rings. The Balaban J connectivity index is 0.000000159. The van der Waals surface area contributed by atoms with Gasteiger partial charge in [-0.1, -0.05) is 24.3 Å². The topological polar surface area (TPSA) is 50.9 Å². The smallest absolute Gasteiger partial charge is 0.144 e. The molecule has 0 saturated carbocycles. The summed E-state index contributed by atoms with van der Waals surface area (Å²) in [7, 11) is 0. The van der Waals surface area contributed by atoms with Gasteiger partial charge in [0.2, 0.25) is 0 Å². The molecule has 5 rings (SSSR count). The van der Waals surface area contributed by atoms with Crippen molar-refractivity contribution < 1.29 is 25.2 Å². The van der Waals surface area contributed by atoms with Gasteiger partial charge in [-0.3, -0.25) is 0 Å². The van der Waals surface area contributed by atoms with Gasteiger partial charge in [0.15, 0.2) is 0 Å². The summed E-state index contributed by atoms with van der Waals surface area (Å²) < 4.78 is 2.09. The quantitative estimate of drug-likeness (QED) is 0.346. The number of pyridine rings is 1. The number of phenols is 1. The SMILES string of the molecule is CC1(C)c2cccc(O)c2-c2nccn21.[Ir].[c-]1ccccc1-c1ccccn1. The third-order valence-corrected chi connectivity index (χ3v) is 4.82. The van der Waals surface area contributed by atoms with E-state index >= 15 is 0 Å². The zero-order valence-corrected chi connectivity index (χ0v) is 18.0. The van der Waals surface area contributed by atoms with Crippen molar-refractivity contribution in [3.63, 3.8) is 0 Å². The molecule has 1 aliphatic rings. The molecule has 143 valence electrons. The van der Waals surface area contributed by atoms with E-state index in [9.17, 15) is 5.11 Å². The first-order chi connectivity index (χ1) is 13.1. The van der Waals surface area contributed by atoms with Gasteiger partial charge in [0.1, 0.15) is 11.6 Å². The van der Waals surface area contributed by atoms with Gasteiger partial charge in [-0.25, -0.2) is 4.98 Å². The maximum atomic E-state index is 9.88. The van der Waals surface area contributed by atoms with Crippen LogP contribution in [0.4, 0.5) is 0 Å². The van der Waals surface area contributed by atoms with Crippen LogP contribution in [0.1, 0.15) is 19.4 Å². The first kappa shape index (κ1) is 20.0. The van der Waals surface area contributed by atoms with E-state index in [4.69, 9.17) is 0 Å². The molecule has 1 aliphatic heterocycles. The van der Waals surface area contributed by atoms with Crippen molar-refractivity contribution in [2.24, 2.45) is 0 Å². The minimum absolute atomic E-state index is 0. The Hall–Kier alpha value is -2.75. The van der Waals surface area contributed by atoms with Crippen molar-refractivity contribution in [1.82, 2.24) is 14.5 Å². The van der Waals surface area contributed by atoms with Crippen molar-refractivity contribution in [2.45, 2.75) is 19.4 Å². The van der Waals surface area contributed by atoms with Crippen molar-refractivity contribution in [2.75, 3.05) is 0 Å². The van der Waals surface area contributed by atoms with Crippen LogP contribution in [0.15, 0.2) is 79.3 Å². The van der Waals surface area contributed by atoms with Crippen LogP contribution >= 0.6 is 0 Å². The number of hydrogen-bond donors (Lipinski definition) is 1. The number of aromatic nitrogens is 3. The van der Waals surface area contributed by atoms with E-state index < -0.39 is 0 Å². The van der Waals surface area contributed by atoms with Crippen LogP contribution in [0.25, 0.3) is 22.6 Å². The Kier molecular flexibility index (Phi) is 5.78. The molecule has 0 bridgehead atoms. The molecule has 2 aromatic carbocycles. The molecule has 2 aromatic heterocycles. The summed E-state index contributed by atoms with van der Waals surface area (Å²) in [4.78, 5) is 8.52. The minimum Gasteiger partial charge on any atom is -0.507 e. The van der Waals surface area contributed by atoms with Crippen LogP contribution in [0.3, 0.4) is 0 Å². The summed E-state index contributed by atoms with van der Waals surface area (Å²) in [6.07, 6.45) is 5.51. The summed E-state index contributed by atoms with van der Waals surface area (Å²) in [5.74, 6) is 1.17. The third-order valence-electron chi connectivity index (χ3n) is 4.82. The van der Waals surface area contributed by atoms with Gasteiger partial charge in [0.25, 0.3) is 0 Å². The van der Waals surface area contributed by atoms with Gasteiger partial charge in [-0.15, -0.1) is 35.9 Å².